The van der Waals surface area contributed by atoms with Crippen molar-refractivity contribution in [2.75, 3.05) is 6.54 Å². The number of alkyl halides is 5. The molecule has 0 fully saturated rings. The van der Waals surface area contributed by atoms with Crippen molar-refractivity contribution in [1.82, 2.24) is 0 Å². The van der Waals surface area contributed by atoms with Gasteiger partial charge < -0.3 is 10.5 Å². The van der Waals surface area contributed by atoms with Crippen molar-refractivity contribution < 1.29 is 31.5 Å². The molecule has 112 valence electrons. The summed E-state index contributed by atoms with van der Waals surface area (Å²) in [7, 11) is 0. The molecular formula is C12H12F5NO2. The number of hydrogen-bond acceptors (Lipinski definition) is 3. The molecule has 0 saturated carbocycles. The molecule has 0 aliphatic rings. The fourth-order valence-electron chi connectivity index (χ4n) is 1.55. The third-order valence-corrected chi connectivity index (χ3v) is 2.50. The highest BCUT2D eigenvalue weighted by molar-refractivity contribution is 5.66. The van der Waals surface area contributed by atoms with Crippen molar-refractivity contribution in [2.45, 2.75) is 25.1 Å². The second kappa shape index (κ2) is 5.74. The molecule has 1 rings (SSSR count). The molecule has 0 amide bonds. The standard InChI is InChI=1S/C12H12F5NO2/c1-7(19)20-10(6-18)8-3-2-4-9(5-8)11(13,14)12(15,16)17/h2-5,10H,6,18H2,1H3/t10-/m0/s1. The first kappa shape index (κ1) is 16.4. The van der Waals surface area contributed by atoms with Gasteiger partial charge in [0, 0.05) is 19.0 Å². The Morgan fingerprint density at radius 1 is 1.30 bits per heavy atom. The number of rotatable bonds is 4. The van der Waals surface area contributed by atoms with Gasteiger partial charge in [-0.25, -0.2) is 0 Å². The average molecular weight is 297 g/mol. The van der Waals surface area contributed by atoms with E-state index in [1.807, 2.05) is 0 Å². The molecule has 8 heteroatoms. The van der Waals surface area contributed by atoms with Gasteiger partial charge in [0.25, 0.3) is 0 Å². The van der Waals surface area contributed by atoms with Crippen LogP contribution in [0.1, 0.15) is 24.2 Å². The zero-order chi connectivity index (χ0) is 15.6. The zero-order valence-corrected chi connectivity index (χ0v) is 10.4. The third-order valence-electron chi connectivity index (χ3n) is 2.50. The average Bonchev–Trinajstić information content (AvgIpc) is 2.34. The van der Waals surface area contributed by atoms with E-state index in [2.05, 4.69) is 0 Å². The highest BCUT2D eigenvalue weighted by atomic mass is 19.4. The van der Waals surface area contributed by atoms with Gasteiger partial charge in [-0.3, -0.25) is 4.79 Å². The molecule has 0 spiro atoms. The Kier molecular flexibility index (Phi) is 4.69. The molecule has 0 unspecified atom stereocenters. The number of carbonyl (C=O) groups excluding carboxylic acids is 1. The molecule has 1 aromatic rings. The van der Waals surface area contributed by atoms with Gasteiger partial charge in [-0.15, -0.1) is 0 Å². The quantitative estimate of drug-likeness (QED) is 0.687. The molecule has 3 nitrogen and oxygen atoms in total. The van der Waals surface area contributed by atoms with Gasteiger partial charge in [0.05, 0.1) is 0 Å². The number of nitrogens with two attached hydrogens (primary N) is 1. The van der Waals surface area contributed by atoms with Gasteiger partial charge in [0.1, 0.15) is 6.10 Å². The van der Waals surface area contributed by atoms with Gasteiger partial charge >= 0.3 is 18.1 Å². The summed E-state index contributed by atoms with van der Waals surface area (Å²) in [5.74, 6) is -5.70. The van der Waals surface area contributed by atoms with E-state index in [9.17, 15) is 26.7 Å². The van der Waals surface area contributed by atoms with E-state index in [4.69, 9.17) is 10.5 Å². The van der Waals surface area contributed by atoms with Crippen molar-refractivity contribution in [2.24, 2.45) is 5.73 Å². The van der Waals surface area contributed by atoms with Crippen LogP contribution in [0.15, 0.2) is 24.3 Å². The van der Waals surface area contributed by atoms with E-state index in [-0.39, 0.29) is 12.1 Å². The van der Waals surface area contributed by atoms with Crippen LogP contribution in [-0.4, -0.2) is 18.7 Å². The summed E-state index contributed by atoms with van der Waals surface area (Å²) < 4.78 is 68.0. The van der Waals surface area contributed by atoms with Crippen molar-refractivity contribution >= 4 is 5.97 Å². The topological polar surface area (TPSA) is 52.3 Å². The molecule has 1 atom stereocenters. The lowest BCUT2D eigenvalue weighted by atomic mass is 10.0. The van der Waals surface area contributed by atoms with E-state index in [1.165, 1.54) is 6.07 Å². The maximum absolute atomic E-state index is 13.2. The Bertz CT molecular complexity index is 487. The maximum atomic E-state index is 13.2. The number of ether oxygens (including phenoxy) is 1. The smallest absolute Gasteiger partial charge is 0.456 e. The Balaban J connectivity index is 3.16. The van der Waals surface area contributed by atoms with E-state index < -0.39 is 29.7 Å². The third kappa shape index (κ3) is 3.44. The van der Waals surface area contributed by atoms with Crippen LogP contribution in [0.25, 0.3) is 0 Å². The van der Waals surface area contributed by atoms with Crippen molar-refractivity contribution in [3.8, 4) is 0 Å². The molecule has 0 bridgehead atoms. The first-order valence-corrected chi connectivity index (χ1v) is 5.52. The molecular weight excluding hydrogens is 285 g/mol. The molecule has 1 aromatic carbocycles. The molecule has 0 aliphatic carbocycles. The van der Waals surface area contributed by atoms with Gasteiger partial charge in [0.2, 0.25) is 0 Å². The molecule has 0 aromatic heterocycles. The van der Waals surface area contributed by atoms with E-state index in [0.717, 1.165) is 13.0 Å². The fraction of sp³-hybridized carbons (Fsp3) is 0.417. The summed E-state index contributed by atoms with van der Waals surface area (Å²) in [6, 6.07) is 3.57. The molecule has 20 heavy (non-hydrogen) atoms. The highest BCUT2D eigenvalue weighted by Gasteiger charge is 2.58. The normalized spacial score (nSPS) is 13.9. The summed E-state index contributed by atoms with van der Waals surface area (Å²) in [5, 5.41) is 0. The summed E-state index contributed by atoms with van der Waals surface area (Å²) in [6.45, 7) is 0.845. The van der Waals surface area contributed by atoms with Crippen LogP contribution >= 0.6 is 0 Å². The molecule has 0 aliphatic heterocycles. The second-order valence-corrected chi connectivity index (χ2v) is 4.03. The predicted octanol–water partition coefficient (Wildman–Crippen LogP) is 2.90. The summed E-state index contributed by atoms with van der Waals surface area (Å²) >= 11 is 0. The number of halogens is 5. The van der Waals surface area contributed by atoms with Gasteiger partial charge in [-0.1, -0.05) is 18.2 Å². The molecule has 2 N–H and O–H groups in total. The van der Waals surface area contributed by atoms with Gasteiger partial charge in [-0.2, -0.15) is 22.0 Å². The minimum absolute atomic E-state index is 0.0240. The van der Waals surface area contributed by atoms with Crippen LogP contribution < -0.4 is 5.73 Å². The van der Waals surface area contributed by atoms with Crippen molar-refractivity contribution in [1.29, 1.82) is 0 Å². The maximum Gasteiger partial charge on any atom is 0.458 e. The van der Waals surface area contributed by atoms with Crippen LogP contribution in [0.4, 0.5) is 22.0 Å². The largest absolute Gasteiger partial charge is 0.458 e. The lowest BCUT2D eigenvalue weighted by Gasteiger charge is -2.22. The Morgan fingerprint density at radius 2 is 1.90 bits per heavy atom. The fourth-order valence-corrected chi connectivity index (χ4v) is 1.55. The summed E-state index contributed by atoms with van der Waals surface area (Å²) in [6.07, 6.45) is -6.78. The molecule has 0 radical (unpaired) electrons. The minimum atomic E-state index is -5.70. The first-order valence-electron chi connectivity index (χ1n) is 5.52. The van der Waals surface area contributed by atoms with Crippen LogP contribution in [0.5, 0.6) is 0 Å². The number of hydrogen-bond donors (Lipinski definition) is 1. The Morgan fingerprint density at radius 3 is 2.35 bits per heavy atom. The summed E-state index contributed by atoms with van der Waals surface area (Å²) in [4.78, 5) is 10.8. The molecule has 0 saturated heterocycles. The highest BCUT2D eigenvalue weighted by Crippen LogP contribution is 2.44. The van der Waals surface area contributed by atoms with Gasteiger partial charge in [0.15, 0.2) is 0 Å². The van der Waals surface area contributed by atoms with E-state index >= 15 is 0 Å². The second-order valence-electron chi connectivity index (χ2n) is 4.03. The van der Waals surface area contributed by atoms with Crippen LogP contribution in [-0.2, 0) is 15.5 Å². The lowest BCUT2D eigenvalue weighted by Crippen LogP contribution is -2.33. The Hall–Kier alpha value is -1.70. The SMILES string of the molecule is CC(=O)O[C@@H](CN)c1cccc(C(F)(F)C(F)(F)F)c1. The van der Waals surface area contributed by atoms with Crippen LogP contribution in [0, 0.1) is 0 Å². The first-order chi connectivity index (χ1) is 9.09. The van der Waals surface area contributed by atoms with Crippen molar-refractivity contribution in [3.63, 3.8) is 0 Å². The lowest BCUT2D eigenvalue weighted by molar-refractivity contribution is -0.289. The number of benzene rings is 1. The molecule has 0 heterocycles. The van der Waals surface area contributed by atoms with Crippen LogP contribution in [0.2, 0.25) is 0 Å². The number of esters is 1. The Labute approximate surface area is 111 Å². The number of carbonyl (C=O) groups is 1. The summed E-state index contributed by atoms with van der Waals surface area (Å²) in [5.41, 5.74) is 4.06. The van der Waals surface area contributed by atoms with E-state index in [1.54, 1.807) is 0 Å². The van der Waals surface area contributed by atoms with Crippen molar-refractivity contribution in [3.05, 3.63) is 35.4 Å². The van der Waals surface area contributed by atoms with E-state index in [0.29, 0.717) is 12.1 Å². The predicted molar refractivity (Wildman–Crippen MR) is 60.0 cm³/mol. The monoisotopic (exact) mass is 297 g/mol. The van der Waals surface area contributed by atoms with Gasteiger partial charge in [-0.05, 0) is 11.6 Å². The minimum Gasteiger partial charge on any atom is -0.456 e. The van der Waals surface area contributed by atoms with Crippen LogP contribution in [0.3, 0.4) is 0 Å². The zero-order valence-electron chi connectivity index (χ0n) is 10.4.